The fourth-order valence-electron chi connectivity index (χ4n) is 1.52. The van der Waals surface area contributed by atoms with Crippen molar-refractivity contribution in [1.82, 2.24) is 25.2 Å². The molecule has 0 atom stereocenters. The third-order valence-corrected chi connectivity index (χ3v) is 2.10. The van der Waals surface area contributed by atoms with E-state index in [9.17, 15) is 14.4 Å². The Morgan fingerprint density at radius 1 is 0.938 bits per heavy atom. The highest BCUT2D eigenvalue weighted by atomic mass is 16.2. The van der Waals surface area contributed by atoms with E-state index in [2.05, 4.69) is 31.2 Å². The standard InChI is InChI=1S/C6H5N7O3/c14-4-7-1-8-5(15)10-3-12-6(16)11-2(9-4)13(1)3/h1H,(H4,7,8,9,10,11,12,14,15,16). The Kier molecular flexibility index (Phi) is 1.45. The Labute approximate surface area is 87.1 Å². The largest absolute Gasteiger partial charge is 0.373 e. The molecule has 3 rings (SSSR count). The molecule has 0 spiro atoms. The zero-order chi connectivity index (χ0) is 11.3. The molecular formula is C6H5N7O3. The Morgan fingerprint density at radius 3 is 1.94 bits per heavy atom. The lowest BCUT2D eigenvalue weighted by Gasteiger charge is -2.33. The van der Waals surface area contributed by atoms with Gasteiger partial charge in [-0.15, -0.1) is 0 Å². The van der Waals surface area contributed by atoms with E-state index in [0.29, 0.717) is 0 Å². The zero-order valence-corrected chi connectivity index (χ0v) is 7.64. The Hall–Kier alpha value is -2.65. The summed E-state index contributed by atoms with van der Waals surface area (Å²) in [4.78, 5) is 40.5. The van der Waals surface area contributed by atoms with Gasteiger partial charge in [0.2, 0.25) is 11.9 Å². The molecule has 0 bridgehead atoms. The molecule has 3 heterocycles. The molecule has 0 unspecified atom stereocenters. The van der Waals surface area contributed by atoms with Crippen molar-refractivity contribution in [2.45, 2.75) is 6.29 Å². The van der Waals surface area contributed by atoms with Crippen molar-refractivity contribution in [3.8, 4) is 0 Å². The first-order valence-electron chi connectivity index (χ1n) is 4.29. The molecule has 1 aromatic rings. The minimum absolute atomic E-state index is 0.0243. The van der Waals surface area contributed by atoms with Gasteiger partial charge in [-0.2, -0.15) is 9.97 Å². The first-order chi connectivity index (χ1) is 7.63. The number of carbonyl (C=O) groups is 2. The van der Waals surface area contributed by atoms with Crippen LogP contribution >= 0.6 is 0 Å². The highest BCUT2D eigenvalue weighted by Crippen LogP contribution is 2.20. The van der Waals surface area contributed by atoms with Gasteiger partial charge in [0, 0.05) is 0 Å². The first kappa shape index (κ1) is 8.64. The minimum atomic E-state index is -0.798. The van der Waals surface area contributed by atoms with Crippen LogP contribution in [0.3, 0.4) is 0 Å². The van der Waals surface area contributed by atoms with Crippen LogP contribution in [0.2, 0.25) is 0 Å². The SMILES string of the molecule is O=C1Nc2nc(=O)nc3n2C(N1)NC(=O)N3. The topological polar surface area (TPSA) is 130 Å². The second-order valence-corrected chi connectivity index (χ2v) is 3.12. The third kappa shape index (κ3) is 1.09. The van der Waals surface area contributed by atoms with Gasteiger partial charge in [-0.05, 0) is 0 Å². The molecule has 0 fully saturated rings. The molecule has 2 aliphatic rings. The molecule has 2 aliphatic heterocycles. The summed E-state index contributed by atoms with van der Waals surface area (Å²) in [6.45, 7) is 0. The number of hydrogen-bond donors (Lipinski definition) is 4. The van der Waals surface area contributed by atoms with E-state index in [-0.39, 0.29) is 11.9 Å². The lowest BCUT2D eigenvalue weighted by atomic mass is 10.5. The van der Waals surface area contributed by atoms with Crippen LogP contribution in [-0.2, 0) is 0 Å². The second kappa shape index (κ2) is 2.68. The molecule has 0 radical (unpaired) electrons. The van der Waals surface area contributed by atoms with Crippen LogP contribution in [0.5, 0.6) is 0 Å². The molecule has 10 nitrogen and oxygen atoms in total. The smallest absolute Gasteiger partial charge is 0.300 e. The normalized spacial score (nSPS) is 17.8. The molecule has 10 heteroatoms. The molecule has 1 aromatic heterocycles. The quantitative estimate of drug-likeness (QED) is 0.419. The summed E-state index contributed by atoms with van der Waals surface area (Å²) in [5.41, 5.74) is -0.788. The summed E-state index contributed by atoms with van der Waals surface area (Å²) < 4.78 is 1.35. The Bertz CT molecular complexity index is 519. The van der Waals surface area contributed by atoms with E-state index >= 15 is 0 Å². The van der Waals surface area contributed by atoms with E-state index in [4.69, 9.17) is 0 Å². The van der Waals surface area contributed by atoms with E-state index in [1.807, 2.05) is 0 Å². The van der Waals surface area contributed by atoms with Crippen molar-refractivity contribution in [2.24, 2.45) is 0 Å². The third-order valence-electron chi connectivity index (χ3n) is 2.10. The van der Waals surface area contributed by atoms with Gasteiger partial charge in [-0.25, -0.2) is 19.0 Å². The molecular weight excluding hydrogens is 218 g/mol. The van der Waals surface area contributed by atoms with Crippen LogP contribution in [0.15, 0.2) is 4.79 Å². The van der Waals surface area contributed by atoms with E-state index in [1.54, 1.807) is 0 Å². The van der Waals surface area contributed by atoms with Gasteiger partial charge in [-0.3, -0.25) is 21.3 Å². The lowest BCUT2D eigenvalue weighted by molar-refractivity contribution is 0.219. The molecule has 0 aromatic carbocycles. The van der Waals surface area contributed by atoms with Crippen molar-refractivity contribution in [3.63, 3.8) is 0 Å². The molecule has 16 heavy (non-hydrogen) atoms. The van der Waals surface area contributed by atoms with E-state index < -0.39 is 24.0 Å². The number of nitrogens with zero attached hydrogens (tertiary/aromatic N) is 3. The molecule has 4 amide bonds. The number of anilines is 2. The fraction of sp³-hybridized carbons (Fsp3) is 0.167. The summed E-state index contributed by atoms with van der Waals surface area (Å²) in [5, 5.41) is 9.50. The number of amides is 4. The van der Waals surface area contributed by atoms with E-state index in [1.165, 1.54) is 4.57 Å². The highest BCUT2D eigenvalue weighted by Gasteiger charge is 2.32. The van der Waals surface area contributed by atoms with Crippen LogP contribution in [-0.4, -0.2) is 26.6 Å². The van der Waals surface area contributed by atoms with Crippen molar-refractivity contribution >= 4 is 24.0 Å². The monoisotopic (exact) mass is 223 g/mol. The highest BCUT2D eigenvalue weighted by molar-refractivity contribution is 5.93. The van der Waals surface area contributed by atoms with Gasteiger partial charge in [-0.1, -0.05) is 0 Å². The van der Waals surface area contributed by atoms with Crippen LogP contribution in [0, 0.1) is 0 Å². The minimum Gasteiger partial charge on any atom is -0.300 e. The second-order valence-electron chi connectivity index (χ2n) is 3.12. The van der Waals surface area contributed by atoms with Crippen LogP contribution in [0.4, 0.5) is 21.5 Å². The average molecular weight is 223 g/mol. The van der Waals surface area contributed by atoms with Crippen molar-refractivity contribution in [1.29, 1.82) is 0 Å². The van der Waals surface area contributed by atoms with Crippen molar-refractivity contribution in [2.75, 3.05) is 10.6 Å². The van der Waals surface area contributed by atoms with Gasteiger partial charge < -0.3 is 0 Å². The molecule has 82 valence electrons. The van der Waals surface area contributed by atoms with Gasteiger partial charge in [0.15, 0.2) is 6.29 Å². The summed E-state index contributed by atoms with van der Waals surface area (Å²) in [6, 6.07) is -1.12. The number of nitrogens with one attached hydrogen (secondary N) is 4. The number of carbonyl (C=O) groups excluding carboxylic acids is 2. The van der Waals surface area contributed by atoms with Gasteiger partial charge >= 0.3 is 17.8 Å². The maximum atomic E-state index is 11.2. The number of rotatable bonds is 0. The first-order valence-corrected chi connectivity index (χ1v) is 4.29. The fourth-order valence-corrected chi connectivity index (χ4v) is 1.52. The van der Waals surface area contributed by atoms with E-state index in [0.717, 1.165) is 0 Å². The van der Waals surface area contributed by atoms with Gasteiger partial charge in [0.25, 0.3) is 0 Å². The molecule has 4 N–H and O–H groups in total. The van der Waals surface area contributed by atoms with Crippen LogP contribution < -0.4 is 27.0 Å². The summed E-state index contributed by atoms with van der Waals surface area (Å²) in [7, 11) is 0. The number of urea groups is 2. The summed E-state index contributed by atoms with van der Waals surface area (Å²) in [6.07, 6.45) is -0.798. The summed E-state index contributed by atoms with van der Waals surface area (Å²) in [5.74, 6) is 0.0486. The van der Waals surface area contributed by atoms with Crippen molar-refractivity contribution in [3.05, 3.63) is 10.5 Å². The van der Waals surface area contributed by atoms with Crippen LogP contribution in [0.25, 0.3) is 0 Å². The Morgan fingerprint density at radius 2 is 1.44 bits per heavy atom. The zero-order valence-electron chi connectivity index (χ0n) is 7.64. The lowest BCUT2D eigenvalue weighted by Crippen LogP contribution is -2.56. The molecule has 0 saturated heterocycles. The predicted octanol–water partition coefficient (Wildman–Crippen LogP) is -1.64. The van der Waals surface area contributed by atoms with Gasteiger partial charge in [0.1, 0.15) is 0 Å². The molecule has 0 aliphatic carbocycles. The maximum absolute atomic E-state index is 11.2. The maximum Gasteiger partial charge on any atom is 0.373 e. The average Bonchev–Trinajstić information content (AvgIpc) is 2.14. The van der Waals surface area contributed by atoms with Crippen LogP contribution in [0.1, 0.15) is 6.29 Å². The number of aromatic nitrogens is 3. The predicted molar refractivity (Wildman–Crippen MR) is 49.6 cm³/mol. The molecule has 0 saturated carbocycles. The van der Waals surface area contributed by atoms with Gasteiger partial charge in [0.05, 0.1) is 0 Å². The Balaban J connectivity index is 2.26. The summed E-state index contributed by atoms with van der Waals surface area (Å²) >= 11 is 0. The number of hydrogen-bond acceptors (Lipinski definition) is 5. The van der Waals surface area contributed by atoms with Crippen molar-refractivity contribution < 1.29 is 9.59 Å².